The zero-order chi connectivity index (χ0) is 21.6. The summed E-state index contributed by atoms with van der Waals surface area (Å²) in [7, 11) is 0. The Morgan fingerprint density at radius 3 is 2.70 bits per heavy atom. The molecule has 0 saturated carbocycles. The molecule has 0 N–H and O–H groups in total. The molecule has 0 amide bonds. The normalized spacial score (nSPS) is 16.6. The van der Waals surface area contributed by atoms with Crippen molar-refractivity contribution in [1.82, 2.24) is 0 Å². The highest BCUT2D eigenvalue weighted by Gasteiger charge is 2.32. The van der Waals surface area contributed by atoms with Gasteiger partial charge in [0.25, 0.3) is 0 Å². The van der Waals surface area contributed by atoms with Crippen molar-refractivity contribution < 1.29 is 28.5 Å². The number of carbonyl (C=O) groups excluding carboxylic acids is 2. The molecular weight excluding hydrogens is 452 g/mol. The van der Waals surface area contributed by atoms with Gasteiger partial charge in [-0.15, -0.1) is 0 Å². The maximum Gasteiger partial charge on any atom is 0.316 e. The van der Waals surface area contributed by atoms with Crippen LogP contribution >= 0.6 is 15.9 Å². The van der Waals surface area contributed by atoms with Crippen molar-refractivity contribution >= 4 is 33.8 Å². The fourth-order valence-corrected chi connectivity index (χ4v) is 3.71. The second-order valence-corrected chi connectivity index (χ2v) is 9.15. The monoisotopic (exact) mass is 472 g/mol. The van der Waals surface area contributed by atoms with E-state index in [9.17, 15) is 9.59 Å². The molecule has 0 aliphatic carbocycles. The number of benzene rings is 2. The third-order valence-electron chi connectivity index (χ3n) is 4.84. The number of hydrogen-bond donors (Lipinski definition) is 0. The number of allylic oxidation sites excluding steroid dienone is 1. The predicted octanol–water partition coefficient (Wildman–Crippen LogP) is 5.19. The first-order valence-corrected chi connectivity index (χ1v) is 10.3. The predicted molar refractivity (Wildman–Crippen MR) is 114 cm³/mol. The van der Waals surface area contributed by atoms with Crippen LogP contribution in [0, 0.1) is 12.3 Å². The van der Waals surface area contributed by atoms with Gasteiger partial charge in [-0.25, -0.2) is 0 Å². The van der Waals surface area contributed by atoms with Crippen molar-refractivity contribution in [1.29, 1.82) is 0 Å². The smallest absolute Gasteiger partial charge is 0.316 e. The summed E-state index contributed by atoms with van der Waals surface area (Å²) in [4.78, 5) is 25.2. The van der Waals surface area contributed by atoms with Gasteiger partial charge in [-0.2, -0.15) is 0 Å². The van der Waals surface area contributed by atoms with Crippen LogP contribution in [-0.2, 0) is 16.1 Å². The SMILES string of the molecule is Cc1c(OC(=O)C(C)(C)C)ccc2c1O/C(=C\c1cc(Br)cc3c1OCOC3)C2=O. The molecule has 7 heteroatoms. The van der Waals surface area contributed by atoms with E-state index in [2.05, 4.69) is 15.9 Å². The van der Waals surface area contributed by atoms with Crippen molar-refractivity contribution in [2.45, 2.75) is 34.3 Å². The minimum atomic E-state index is -0.642. The fraction of sp³-hybridized carbons (Fsp3) is 0.304. The van der Waals surface area contributed by atoms with Crippen LogP contribution in [0.5, 0.6) is 17.2 Å². The average molecular weight is 473 g/mol. The number of ketones is 1. The van der Waals surface area contributed by atoms with E-state index < -0.39 is 5.41 Å². The Morgan fingerprint density at radius 2 is 1.97 bits per heavy atom. The third kappa shape index (κ3) is 3.75. The van der Waals surface area contributed by atoms with Crippen molar-refractivity contribution in [3.63, 3.8) is 0 Å². The van der Waals surface area contributed by atoms with E-state index in [0.717, 1.165) is 15.6 Å². The second-order valence-electron chi connectivity index (χ2n) is 8.24. The molecule has 0 atom stereocenters. The summed E-state index contributed by atoms with van der Waals surface area (Å²) >= 11 is 3.48. The standard InChI is InChI=1S/C23H21BrO6/c1-12-17(30-22(26)23(2,3)4)6-5-16-19(25)18(29-20(12)16)9-13-7-15(24)8-14-10-27-11-28-21(13)14/h5-9H,10-11H2,1-4H3/b18-9-. The van der Waals surface area contributed by atoms with Crippen LogP contribution < -0.4 is 14.2 Å². The maximum absolute atomic E-state index is 12.9. The molecule has 0 aromatic heterocycles. The van der Waals surface area contributed by atoms with E-state index >= 15 is 0 Å². The molecule has 156 valence electrons. The Balaban J connectivity index is 1.69. The Labute approximate surface area is 182 Å². The molecule has 2 aliphatic heterocycles. The largest absolute Gasteiger partial charge is 0.467 e. The molecule has 30 heavy (non-hydrogen) atoms. The number of ether oxygens (including phenoxy) is 4. The van der Waals surface area contributed by atoms with Crippen LogP contribution in [0.1, 0.15) is 47.8 Å². The summed E-state index contributed by atoms with van der Waals surface area (Å²) < 4.78 is 23.2. The van der Waals surface area contributed by atoms with Gasteiger partial charge in [0, 0.05) is 21.2 Å². The highest BCUT2D eigenvalue weighted by molar-refractivity contribution is 9.10. The van der Waals surface area contributed by atoms with Gasteiger partial charge in [-0.1, -0.05) is 15.9 Å². The highest BCUT2D eigenvalue weighted by atomic mass is 79.9. The lowest BCUT2D eigenvalue weighted by Gasteiger charge is -2.20. The van der Waals surface area contributed by atoms with Crippen LogP contribution in [0.25, 0.3) is 6.08 Å². The lowest BCUT2D eigenvalue weighted by atomic mass is 9.97. The molecule has 2 aromatic carbocycles. The number of rotatable bonds is 2. The minimum absolute atomic E-state index is 0.154. The van der Waals surface area contributed by atoms with E-state index in [4.69, 9.17) is 18.9 Å². The van der Waals surface area contributed by atoms with E-state index in [1.54, 1.807) is 45.9 Å². The lowest BCUT2D eigenvalue weighted by Crippen LogP contribution is -2.25. The molecule has 6 nitrogen and oxygen atoms in total. The Hall–Kier alpha value is -2.64. The molecule has 0 unspecified atom stereocenters. The molecule has 0 fully saturated rings. The van der Waals surface area contributed by atoms with Gasteiger partial charge < -0.3 is 18.9 Å². The molecule has 0 saturated heterocycles. The fourth-order valence-electron chi connectivity index (χ4n) is 3.19. The van der Waals surface area contributed by atoms with Gasteiger partial charge in [0.2, 0.25) is 5.78 Å². The lowest BCUT2D eigenvalue weighted by molar-refractivity contribution is -0.143. The zero-order valence-electron chi connectivity index (χ0n) is 17.1. The number of hydrogen-bond acceptors (Lipinski definition) is 6. The van der Waals surface area contributed by atoms with Gasteiger partial charge in [-0.3, -0.25) is 9.59 Å². The van der Waals surface area contributed by atoms with E-state index in [1.807, 2.05) is 12.1 Å². The summed E-state index contributed by atoms with van der Waals surface area (Å²) in [6.07, 6.45) is 1.66. The first kappa shape index (κ1) is 20.6. The van der Waals surface area contributed by atoms with Crippen LogP contribution in [0.15, 0.2) is 34.5 Å². The van der Waals surface area contributed by atoms with Gasteiger partial charge >= 0.3 is 5.97 Å². The molecule has 0 bridgehead atoms. The average Bonchev–Trinajstić information content (AvgIpc) is 2.99. The molecular formula is C23H21BrO6. The first-order valence-electron chi connectivity index (χ1n) is 9.48. The number of halogens is 1. The van der Waals surface area contributed by atoms with Crippen LogP contribution in [-0.4, -0.2) is 18.5 Å². The Morgan fingerprint density at radius 1 is 1.20 bits per heavy atom. The molecule has 2 aliphatic rings. The van der Waals surface area contributed by atoms with Gasteiger partial charge in [0.15, 0.2) is 12.6 Å². The maximum atomic E-state index is 12.9. The summed E-state index contributed by atoms with van der Waals surface area (Å²) in [5.74, 6) is 1.04. The van der Waals surface area contributed by atoms with E-state index in [0.29, 0.717) is 35.0 Å². The molecule has 0 radical (unpaired) electrons. The zero-order valence-corrected chi connectivity index (χ0v) is 18.7. The first-order chi connectivity index (χ1) is 14.1. The Bertz CT molecular complexity index is 1090. The van der Waals surface area contributed by atoms with Crippen molar-refractivity contribution in [3.05, 3.63) is 56.8 Å². The van der Waals surface area contributed by atoms with Crippen LogP contribution in [0.2, 0.25) is 0 Å². The summed E-state index contributed by atoms with van der Waals surface area (Å²) in [6.45, 7) is 7.70. The summed E-state index contributed by atoms with van der Waals surface area (Å²) in [6, 6.07) is 7.03. The molecule has 2 aromatic rings. The van der Waals surface area contributed by atoms with E-state index in [-0.39, 0.29) is 24.3 Å². The van der Waals surface area contributed by atoms with Gasteiger partial charge in [0.05, 0.1) is 17.6 Å². The minimum Gasteiger partial charge on any atom is -0.467 e. The number of fused-ring (bicyclic) bond motifs is 2. The molecule has 4 rings (SSSR count). The van der Waals surface area contributed by atoms with Crippen molar-refractivity contribution in [2.24, 2.45) is 5.41 Å². The molecule has 0 spiro atoms. The van der Waals surface area contributed by atoms with Gasteiger partial charge in [-0.05, 0) is 58.0 Å². The Kier molecular flexibility index (Phi) is 5.20. The van der Waals surface area contributed by atoms with Crippen molar-refractivity contribution in [3.8, 4) is 17.2 Å². The number of esters is 1. The van der Waals surface area contributed by atoms with Crippen LogP contribution in [0.4, 0.5) is 0 Å². The number of carbonyl (C=O) groups is 2. The van der Waals surface area contributed by atoms with Crippen molar-refractivity contribution in [2.75, 3.05) is 6.79 Å². The second kappa shape index (κ2) is 7.56. The van der Waals surface area contributed by atoms with E-state index in [1.165, 1.54) is 0 Å². The topological polar surface area (TPSA) is 71.1 Å². The van der Waals surface area contributed by atoms with Gasteiger partial charge in [0.1, 0.15) is 17.2 Å². The molecule has 2 heterocycles. The quantitative estimate of drug-likeness (QED) is 0.340. The highest BCUT2D eigenvalue weighted by Crippen LogP contribution is 2.41. The third-order valence-corrected chi connectivity index (χ3v) is 5.30. The summed E-state index contributed by atoms with van der Waals surface area (Å²) in [5, 5.41) is 0. The summed E-state index contributed by atoms with van der Waals surface area (Å²) in [5.41, 5.74) is 2.00. The van der Waals surface area contributed by atoms with Crippen LogP contribution in [0.3, 0.4) is 0 Å². The number of Topliss-reactive ketones (excluding diaryl/α,β-unsaturated/α-hetero) is 1.